The first-order chi connectivity index (χ1) is 16.3. The normalized spacial score (nSPS) is 16.1. The molecule has 0 bridgehead atoms. The van der Waals surface area contributed by atoms with E-state index in [-0.39, 0.29) is 23.3 Å². The van der Waals surface area contributed by atoms with Crippen molar-refractivity contribution in [1.29, 1.82) is 0 Å². The molecule has 3 heterocycles. The Balaban J connectivity index is 1.54. The Bertz CT molecular complexity index is 1280. The van der Waals surface area contributed by atoms with E-state index in [2.05, 4.69) is 15.1 Å². The number of anilines is 1. The molecule has 13 heteroatoms. The maximum atomic E-state index is 13.2. The number of alkyl halides is 2. The summed E-state index contributed by atoms with van der Waals surface area (Å²) in [5.41, 5.74) is 0.842. The minimum Gasteiger partial charge on any atom is -0.477 e. The van der Waals surface area contributed by atoms with Crippen LogP contribution in [0.15, 0.2) is 48.9 Å². The molecule has 1 amide bonds. The number of carbonyl (C=O) groups excluding carboxylic acids is 1. The third-order valence-corrected chi connectivity index (χ3v) is 6.20. The van der Waals surface area contributed by atoms with Crippen LogP contribution in [0.5, 0.6) is 5.88 Å². The second-order valence-electron chi connectivity index (χ2n) is 7.48. The van der Waals surface area contributed by atoms with Crippen LogP contribution in [-0.4, -0.2) is 57.9 Å². The Morgan fingerprint density at radius 3 is 2.88 bits per heavy atom. The van der Waals surface area contributed by atoms with Crippen LogP contribution in [-0.2, 0) is 10.0 Å². The highest BCUT2D eigenvalue weighted by Gasteiger charge is 2.32. The van der Waals surface area contributed by atoms with Gasteiger partial charge in [0.25, 0.3) is 15.9 Å². The topological polar surface area (TPSA) is 119 Å². The molecule has 0 radical (unpaired) electrons. The molecule has 4 rings (SSSR count). The summed E-state index contributed by atoms with van der Waals surface area (Å²) in [6.07, 6.45) is 5.93. The van der Waals surface area contributed by atoms with Gasteiger partial charge in [-0.2, -0.15) is 18.9 Å². The molecule has 1 aliphatic rings. The predicted molar refractivity (Wildman–Crippen MR) is 118 cm³/mol. The Kier molecular flexibility index (Phi) is 6.72. The van der Waals surface area contributed by atoms with Gasteiger partial charge in [0.1, 0.15) is 0 Å². The van der Waals surface area contributed by atoms with Gasteiger partial charge >= 0.3 is 5.76 Å². The molecule has 0 spiro atoms. The molecular weight excluding hydrogens is 470 g/mol. The van der Waals surface area contributed by atoms with Crippen LogP contribution in [0.25, 0.3) is 5.82 Å². The Morgan fingerprint density at radius 1 is 1.29 bits per heavy atom. The van der Waals surface area contributed by atoms with E-state index < -0.39 is 15.8 Å². The third-order valence-electron chi connectivity index (χ3n) is 5.21. The van der Waals surface area contributed by atoms with Gasteiger partial charge < -0.3 is 9.64 Å². The maximum absolute atomic E-state index is 13.2. The van der Waals surface area contributed by atoms with Gasteiger partial charge in [-0.15, -0.1) is 0 Å². The van der Waals surface area contributed by atoms with Crippen molar-refractivity contribution in [1.82, 2.24) is 24.6 Å². The zero-order valence-corrected chi connectivity index (χ0v) is 19.0. The third kappa shape index (κ3) is 4.98. The Hall–Kier alpha value is -3.61. The number of ether oxygens (including phenoxy) is 1. The molecule has 1 saturated heterocycles. The second-order valence-corrected chi connectivity index (χ2v) is 9.13. The van der Waals surface area contributed by atoms with E-state index in [1.165, 1.54) is 29.2 Å². The molecule has 3 aromatic rings. The second kappa shape index (κ2) is 9.71. The van der Waals surface area contributed by atoms with Crippen LogP contribution in [0.3, 0.4) is 0 Å². The summed E-state index contributed by atoms with van der Waals surface area (Å²) in [5, 5.41) is 4.33. The standard InChI is InChI=1S/C21H22F2N6O4S/c1-2-33-19-13-24-12-18(25-19)29-10-8-16(26-29)20(30)28-9-4-7-17(28)14-5-3-6-15(11-14)27-34(31,32)21(22)23/h3,5-6,8,10-13,17,21,27H,2,4,7,9H2,1H3/t17-/m1/s1. The van der Waals surface area contributed by atoms with Gasteiger partial charge in [-0.1, -0.05) is 12.1 Å². The Labute approximate surface area is 194 Å². The van der Waals surface area contributed by atoms with E-state index in [4.69, 9.17) is 4.74 Å². The molecule has 1 aliphatic heterocycles. The zero-order chi connectivity index (χ0) is 24.3. The first-order valence-corrected chi connectivity index (χ1v) is 12.0. The molecule has 10 nitrogen and oxygen atoms in total. The fourth-order valence-electron chi connectivity index (χ4n) is 3.75. The summed E-state index contributed by atoms with van der Waals surface area (Å²) in [6, 6.07) is 7.34. The first kappa shape index (κ1) is 23.5. The average Bonchev–Trinajstić information content (AvgIpc) is 3.49. The number of amides is 1. The molecule has 34 heavy (non-hydrogen) atoms. The van der Waals surface area contributed by atoms with Gasteiger partial charge in [0, 0.05) is 18.4 Å². The minimum atomic E-state index is -4.79. The number of halogens is 2. The number of aromatic nitrogens is 4. The molecule has 2 aromatic heterocycles. The van der Waals surface area contributed by atoms with Gasteiger partial charge in [-0.25, -0.2) is 13.1 Å². The van der Waals surface area contributed by atoms with E-state index in [0.29, 0.717) is 36.8 Å². The molecular formula is C21H22F2N6O4S. The van der Waals surface area contributed by atoms with Crippen molar-refractivity contribution in [2.45, 2.75) is 31.6 Å². The van der Waals surface area contributed by atoms with E-state index in [1.54, 1.807) is 29.3 Å². The number of nitrogens with one attached hydrogen (secondary N) is 1. The molecule has 1 fully saturated rings. The average molecular weight is 493 g/mol. The molecule has 0 unspecified atom stereocenters. The van der Waals surface area contributed by atoms with E-state index in [0.717, 1.165) is 6.42 Å². The summed E-state index contributed by atoms with van der Waals surface area (Å²) in [7, 11) is -4.79. The maximum Gasteiger partial charge on any atom is 0.355 e. The van der Waals surface area contributed by atoms with Gasteiger partial charge in [-0.05, 0) is 43.5 Å². The highest BCUT2D eigenvalue weighted by Crippen LogP contribution is 2.34. The number of sulfonamides is 1. The van der Waals surface area contributed by atoms with Gasteiger partial charge in [-0.3, -0.25) is 14.5 Å². The van der Waals surface area contributed by atoms with Crippen molar-refractivity contribution < 1.29 is 26.7 Å². The fraction of sp³-hybridized carbons (Fsp3) is 0.333. The fourth-order valence-corrected chi connectivity index (χ4v) is 4.30. The van der Waals surface area contributed by atoms with Crippen LogP contribution >= 0.6 is 0 Å². The van der Waals surface area contributed by atoms with Crippen molar-refractivity contribution in [2.75, 3.05) is 17.9 Å². The summed E-state index contributed by atoms with van der Waals surface area (Å²) in [6.45, 7) is 2.74. The Morgan fingerprint density at radius 2 is 2.12 bits per heavy atom. The highest BCUT2D eigenvalue weighted by molar-refractivity contribution is 7.93. The zero-order valence-electron chi connectivity index (χ0n) is 18.1. The molecule has 1 atom stereocenters. The van der Waals surface area contributed by atoms with E-state index in [9.17, 15) is 22.0 Å². The number of carbonyl (C=O) groups is 1. The number of rotatable bonds is 8. The lowest BCUT2D eigenvalue weighted by molar-refractivity contribution is 0.0729. The summed E-state index contributed by atoms with van der Waals surface area (Å²) in [4.78, 5) is 23.2. The number of hydrogen-bond acceptors (Lipinski definition) is 7. The van der Waals surface area contributed by atoms with Crippen molar-refractivity contribution in [3.05, 3.63) is 60.2 Å². The minimum absolute atomic E-state index is 0.00845. The number of hydrogen-bond donors (Lipinski definition) is 1. The first-order valence-electron chi connectivity index (χ1n) is 10.5. The monoisotopic (exact) mass is 492 g/mol. The number of benzene rings is 1. The van der Waals surface area contributed by atoms with Crippen molar-refractivity contribution in [3.63, 3.8) is 0 Å². The van der Waals surface area contributed by atoms with Crippen molar-refractivity contribution in [2.24, 2.45) is 0 Å². The lowest BCUT2D eigenvalue weighted by atomic mass is 10.0. The summed E-state index contributed by atoms with van der Waals surface area (Å²) < 4.78 is 57.1. The summed E-state index contributed by atoms with van der Waals surface area (Å²) in [5.74, 6) is -3.13. The van der Waals surface area contributed by atoms with E-state index >= 15 is 0 Å². The molecule has 0 saturated carbocycles. The molecule has 0 aliphatic carbocycles. The number of likely N-dealkylation sites (tertiary alicyclic amines) is 1. The smallest absolute Gasteiger partial charge is 0.355 e. The van der Waals surface area contributed by atoms with Gasteiger partial charge in [0.15, 0.2) is 11.5 Å². The van der Waals surface area contributed by atoms with Crippen molar-refractivity contribution >= 4 is 21.6 Å². The number of nitrogens with zero attached hydrogens (tertiary/aromatic N) is 5. The van der Waals surface area contributed by atoms with Gasteiger partial charge in [0.2, 0.25) is 5.88 Å². The van der Waals surface area contributed by atoms with Crippen LogP contribution < -0.4 is 9.46 Å². The quantitative estimate of drug-likeness (QED) is 0.513. The lowest BCUT2D eigenvalue weighted by Crippen LogP contribution is -2.31. The largest absolute Gasteiger partial charge is 0.477 e. The van der Waals surface area contributed by atoms with Crippen LogP contribution in [0.1, 0.15) is 41.9 Å². The van der Waals surface area contributed by atoms with Crippen LogP contribution in [0.2, 0.25) is 0 Å². The molecule has 1 N–H and O–H groups in total. The summed E-state index contributed by atoms with van der Waals surface area (Å²) >= 11 is 0. The predicted octanol–water partition coefficient (Wildman–Crippen LogP) is 3.00. The highest BCUT2D eigenvalue weighted by atomic mass is 32.2. The van der Waals surface area contributed by atoms with Crippen LogP contribution in [0.4, 0.5) is 14.5 Å². The van der Waals surface area contributed by atoms with Crippen LogP contribution in [0, 0.1) is 0 Å². The lowest BCUT2D eigenvalue weighted by Gasteiger charge is -2.24. The van der Waals surface area contributed by atoms with Gasteiger partial charge in [0.05, 0.1) is 25.0 Å². The van der Waals surface area contributed by atoms with Crippen molar-refractivity contribution in [3.8, 4) is 11.7 Å². The SMILES string of the molecule is CCOc1cncc(-n2ccc(C(=O)N3CCC[C@@H]3c3cccc(NS(=O)(=O)C(F)F)c3)n2)n1. The molecule has 180 valence electrons. The van der Waals surface area contributed by atoms with E-state index in [1.807, 2.05) is 11.6 Å². The molecule has 1 aromatic carbocycles.